The molecule has 1 heterocycles. The smallest absolute Gasteiger partial charge is 0.282 e. The first kappa shape index (κ1) is 15.3. The molecule has 0 saturated carbocycles. The van der Waals surface area contributed by atoms with Gasteiger partial charge >= 0.3 is 0 Å². The van der Waals surface area contributed by atoms with E-state index in [1.807, 2.05) is 0 Å². The van der Waals surface area contributed by atoms with E-state index in [1.54, 1.807) is 13.1 Å². The fourth-order valence-corrected chi connectivity index (χ4v) is 1.87. The van der Waals surface area contributed by atoms with Gasteiger partial charge in [0.1, 0.15) is 0 Å². The first-order chi connectivity index (χ1) is 10.5. The quantitative estimate of drug-likeness (QED) is 0.509. The second-order valence-corrected chi connectivity index (χ2v) is 4.35. The van der Waals surface area contributed by atoms with E-state index in [-0.39, 0.29) is 22.9 Å². The van der Waals surface area contributed by atoms with Crippen molar-refractivity contribution in [3.05, 3.63) is 39.7 Å². The Kier molecular flexibility index (Phi) is 4.25. The molecule has 0 aliphatic rings. The Morgan fingerprint density at radius 1 is 1.36 bits per heavy atom. The second-order valence-electron chi connectivity index (χ2n) is 4.35. The molecule has 0 unspecified atom stereocenters. The van der Waals surface area contributed by atoms with Gasteiger partial charge in [-0.05, 0) is 13.0 Å². The average molecular weight is 305 g/mol. The van der Waals surface area contributed by atoms with Crippen LogP contribution in [0.15, 0.2) is 23.4 Å². The number of imidazole rings is 1. The monoisotopic (exact) mass is 305 g/mol. The topological polar surface area (TPSA) is 118 Å². The maximum Gasteiger partial charge on any atom is 0.282 e. The molecule has 0 bridgehead atoms. The van der Waals surface area contributed by atoms with E-state index in [0.717, 1.165) is 0 Å². The highest BCUT2D eigenvalue weighted by Crippen LogP contribution is 2.33. The fourth-order valence-electron chi connectivity index (χ4n) is 1.87. The van der Waals surface area contributed by atoms with Crippen molar-refractivity contribution in [3.63, 3.8) is 0 Å². The highest BCUT2D eigenvalue weighted by Gasteiger charge is 2.18. The van der Waals surface area contributed by atoms with Crippen LogP contribution in [-0.4, -0.2) is 35.0 Å². The normalized spacial score (nSPS) is 10.9. The lowest BCUT2D eigenvalue weighted by molar-refractivity contribution is -0.385. The number of benzene rings is 1. The van der Waals surface area contributed by atoms with Crippen molar-refractivity contribution in [3.8, 4) is 11.5 Å². The highest BCUT2D eigenvalue weighted by atomic mass is 16.6. The van der Waals surface area contributed by atoms with Gasteiger partial charge < -0.3 is 15.2 Å². The van der Waals surface area contributed by atoms with Crippen LogP contribution in [0.5, 0.6) is 11.5 Å². The molecule has 2 rings (SSSR count). The van der Waals surface area contributed by atoms with Gasteiger partial charge in [0.05, 0.1) is 48.9 Å². The van der Waals surface area contributed by atoms with Gasteiger partial charge in [-0.2, -0.15) is 5.10 Å². The molecule has 0 atom stereocenters. The number of rotatable bonds is 5. The molecule has 116 valence electrons. The maximum absolute atomic E-state index is 11.2. The van der Waals surface area contributed by atoms with E-state index in [2.05, 4.69) is 10.1 Å². The van der Waals surface area contributed by atoms with E-state index < -0.39 is 4.92 Å². The van der Waals surface area contributed by atoms with Crippen LogP contribution >= 0.6 is 0 Å². The first-order valence-electron chi connectivity index (χ1n) is 6.22. The summed E-state index contributed by atoms with van der Waals surface area (Å²) in [7, 11) is 2.85. The van der Waals surface area contributed by atoms with Gasteiger partial charge in [-0.15, -0.1) is 0 Å². The molecule has 2 N–H and O–H groups in total. The van der Waals surface area contributed by atoms with Crippen molar-refractivity contribution in [2.45, 2.75) is 6.92 Å². The Labute approximate surface area is 126 Å². The number of hydrogen-bond donors (Lipinski definition) is 1. The molecule has 9 heteroatoms. The molecule has 1 aromatic heterocycles. The Balaban J connectivity index is 2.49. The largest absolute Gasteiger partial charge is 0.493 e. The Morgan fingerprint density at radius 2 is 2.00 bits per heavy atom. The average Bonchev–Trinajstić information content (AvgIpc) is 2.81. The number of hydrogen-bond acceptors (Lipinski definition) is 7. The molecule has 0 amide bonds. The standard InChI is InChI=1S/C13H15N5O4/c1-8-7-17(13(14)16-8)15-6-9-4-11(21-2)12(22-3)5-10(9)18(19)20/h4-7H,1-3H3,(H2,14,16). The van der Waals surface area contributed by atoms with E-state index in [1.165, 1.54) is 37.2 Å². The summed E-state index contributed by atoms with van der Waals surface area (Å²) in [6, 6.07) is 2.75. The minimum atomic E-state index is -0.522. The Morgan fingerprint density at radius 3 is 2.50 bits per heavy atom. The zero-order valence-corrected chi connectivity index (χ0v) is 12.3. The fraction of sp³-hybridized carbons (Fsp3) is 0.231. The molecule has 1 aromatic carbocycles. The summed E-state index contributed by atoms with van der Waals surface area (Å²) < 4.78 is 11.5. The molecule has 2 aromatic rings. The maximum atomic E-state index is 11.2. The van der Waals surface area contributed by atoms with Crippen molar-refractivity contribution in [1.29, 1.82) is 0 Å². The van der Waals surface area contributed by atoms with Crippen LogP contribution in [0.1, 0.15) is 11.3 Å². The van der Waals surface area contributed by atoms with Crippen LogP contribution in [0.4, 0.5) is 11.6 Å². The Hall–Kier alpha value is -3.10. The van der Waals surface area contributed by atoms with Gasteiger partial charge in [-0.3, -0.25) is 10.1 Å². The SMILES string of the molecule is COc1cc(C=Nn2cc(C)nc2N)c([N+](=O)[O-])cc1OC. The van der Waals surface area contributed by atoms with Gasteiger partial charge in [0, 0.05) is 0 Å². The molecule has 0 aliphatic heterocycles. The lowest BCUT2D eigenvalue weighted by Gasteiger charge is -2.08. The van der Waals surface area contributed by atoms with Crippen molar-refractivity contribution >= 4 is 17.9 Å². The van der Waals surface area contributed by atoms with Gasteiger partial charge in [0.25, 0.3) is 5.69 Å². The number of nitrogens with zero attached hydrogens (tertiary/aromatic N) is 4. The molecule has 22 heavy (non-hydrogen) atoms. The minimum absolute atomic E-state index is 0.156. The zero-order valence-electron chi connectivity index (χ0n) is 12.3. The summed E-state index contributed by atoms with van der Waals surface area (Å²) in [6.45, 7) is 1.77. The third-order valence-electron chi connectivity index (χ3n) is 2.89. The molecule has 9 nitrogen and oxygen atoms in total. The summed E-state index contributed by atoms with van der Waals surface area (Å²) in [5.41, 5.74) is 6.46. The second kappa shape index (κ2) is 6.12. The summed E-state index contributed by atoms with van der Waals surface area (Å²) in [5.74, 6) is 0.825. The molecular weight excluding hydrogens is 290 g/mol. The number of nitro benzene ring substituents is 1. The zero-order chi connectivity index (χ0) is 16.3. The Bertz CT molecular complexity index is 738. The van der Waals surface area contributed by atoms with Gasteiger partial charge in [0.2, 0.25) is 5.95 Å². The number of nitrogen functional groups attached to an aromatic ring is 1. The molecule has 0 fully saturated rings. The van der Waals surface area contributed by atoms with Crippen LogP contribution in [-0.2, 0) is 0 Å². The van der Waals surface area contributed by atoms with E-state index >= 15 is 0 Å². The molecule has 0 saturated heterocycles. The van der Waals surface area contributed by atoms with Crippen LogP contribution in [0.3, 0.4) is 0 Å². The minimum Gasteiger partial charge on any atom is -0.493 e. The van der Waals surface area contributed by atoms with Gasteiger partial charge in [-0.1, -0.05) is 0 Å². The van der Waals surface area contributed by atoms with Crippen LogP contribution in [0.25, 0.3) is 0 Å². The molecule has 0 spiro atoms. The van der Waals surface area contributed by atoms with Crippen LogP contribution in [0.2, 0.25) is 0 Å². The predicted octanol–water partition coefficient (Wildman–Crippen LogP) is 1.58. The third kappa shape index (κ3) is 2.97. The lowest BCUT2D eigenvalue weighted by Crippen LogP contribution is -2.01. The summed E-state index contributed by atoms with van der Waals surface area (Å²) in [5, 5.41) is 15.2. The summed E-state index contributed by atoms with van der Waals surface area (Å²) in [6.07, 6.45) is 2.93. The lowest BCUT2D eigenvalue weighted by atomic mass is 10.1. The summed E-state index contributed by atoms with van der Waals surface area (Å²) >= 11 is 0. The van der Waals surface area contributed by atoms with Crippen molar-refractivity contribution in [2.24, 2.45) is 5.10 Å². The van der Waals surface area contributed by atoms with Crippen molar-refractivity contribution < 1.29 is 14.4 Å². The number of nitro groups is 1. The van der Waals surface area contributed by atoms with Gasteiger partial charge in [-0.25, -0.2) is 9.66 Å². The first-order valence-corrected chi connectivity index (χ1v) is 6.22. The molecule has 0 aliphatic carbocycles. The van der Waals surface area contributed by atoms with Crippen LogP contribution in [0, 0.1) is 17.0 Å². The van der Waals surface area contributed by atoms with E-state index in [9.17, 15) is 10.1 Å². The predicted molar refractivity (Wildman–Crippen MR) is 80.6 cm³/mol. The number of ether oxygens (including phenoxy) is 2. The molecule has 0 radical (unpaired) electrons. The highest BCUT2D eigenvalue weighted by molar-refractivity contribution is 5.87. The van der Waals surface area contributed by atoms with Crippen molar-refractivity contribution in [2.75, 3.05) is 20.0 Å². The number of methoxy groups -OCH3 is 2. The van der Waals surface area contributed by atoms with E-state index in [4.69, 9.17) is 15.2 Å². The van der Waals surface area contributed by atoms with E-state index in [0.29, 0.717) is 11.4 Å². The number of anilines is 1. The third-order valence-corrected chi connectivity index (χ3v) is 2.89. The van der Waals surface area contributed by atoms with Gasteiger partial charge in [0.15, 0.2) is 11.5 Å². The number of aromatic nitrogens is 2. The molecular formula is C13H15N5O4. The summed E-state index contributed by atoms with van der Waals surface area (Å²) in [4.78, 5) is 14.6. The number of nitrogens with two attached hydrogens (primary N) is 1. The van der Waals surface area contributed by atoms with Crippen LogP contribution < -0.4 is 15.2 Å². The van der Waals surface area contributed by atoms with Crippen molar-refractivity contribution in [1.82, 2.24) is 9.66 Å². The number of aryl methyl sites for hydroxylation is 1.